The van der Waals surface area contributed by atoms with Crippen molar-refractivity contribution in [1.82, 2.24) is 0 Å². The molecule has 0 N–H and O–H groups in total. The molecular weight excluding hydrogens is 312 g/mol. The van der Waals surface area contributed by atoms with E-state index in [9.17, 15) is 4.79 Å². The molecule has 5 nitrogen and oxygen atoms in total. The Morgan fingerprint density at radius 2 is 1.61 bits per heavy atom. The molecule has 3 heterocycles. The fourth-order valence-corrected chi connectivity index (χ4v) is 9.43. The molecule has 0 spiro atoms. The van der Waals surface area contributed by atoms with Crippen molar-refractivity contribution in [2.24, 2.45) is 5.92 Å². The summed E-state index contributed by atoms with van der Waals surface area (Å²) in [5.74, 6) is -0.357. The second-order valence-electron chi connectivity index (χ2n) is 9.22. The Labute approximate surface area is 140 Å². The smallest absolute Gasteiger partial charge is 0.349 e. The van der Waals surface area contributed by atoms with Gasteiger partial charge in [0.15, 0.2) is 0 Å². The summed E-state index contributed by atoms with van der Waals surface area (Å²) in [6, 6.07) is 0. The van der Waals surface area contributed by atoms with E-state index in [-0.39, 0.29) is 46.4 Å². The lowest BCUT2D eigenvalue weighted by Crippen LogP contribution is -2.67. The highest BCUT2D eigenvalue weighted by Crippen LogP contribution is 2.55. The van der Waals surface area contributed by atoms with Gasteiger partial charge in [-0.2, -0.15) is 0 Å². The number of rotatable bonds is 0. The van der Waals surface area contributed by atoms with Crippen LogP contribution >= 0.6 is 0 Å². The van der Waals surface area contributed by atoms with E-state index in [2.05, 4.69) is 41.5 Å². The van der Waals surface area contributed by atoms with Gasteiger partial charge in [0.2, 0.25) is 0 Å². The molecule has 3 rings (SSSR count). The Morgan fingerprint density at radius 3 is 2.17 bits per heavy atom. The van der Waals surface area contributed by atoms with Gasteiger partial charge in [0, 0.05) is 16.5 Å². The van der Waals surface area contributed by atoms with Crippen LogP contribution in [-0.2, 0) is 23.1 Å². The highest BCUT2D eigenvalue weighted by molar-refractivity contribution is 6.73. The minimum absolute atomic E-state index is 0.0479. The standard InChI is InChI=1S/C17H30O5Si/c1-10-14-12(21-15(10)18)8-11-13(20-14)9-19-23(22-11,16(2,3)4)17(5,6)7/h10-14H,8-9H2,1-7H3/t10-,11+,12-,13+,14-/m0/s1. The molecule has 0 radical (unpaired) electrons. The van der Waals surface area contributed by atoms with Crippen LogP contribution in [0.3, 0.4) is 0 Å². The average molecular weight is 343 g/mol. The highest BCUT2D eigenvalue weighted by Gasteiger charge is 2.64. The molecule has 0 aromatic carbocycles. The van der Waals surface area contributed by atoms with Crippen LogP contribution in [0.5, 0.6) is 0 Å². The maximum Gasteiger partial charge on any atom is 0.349 e. The van der Waals surface area contributed by atoms with Crippen LogP contribution in [0.25, 0.3) is 0 Å². The van der Waals surface area contributed by atoms with Crippen LogP contribution in [0, 0.1) is 5.92 Å². The zero-order valence-corrected chi connectivity index (χ0v) is 16.3. The maximum atomic E-state index is 11.8. The first-order chi connectivity index (χ1) is 10.5. The van der Waals surface area contributed by atoms with Gasteiger partial charge in [-0.1, -0.05) is 41.5 Å². The van der Waals surface area contributed by atoms with E-state index in [0.29, 0.717) is 6.61 Å². The zero-order chi connectivity index (χ0) is 17.2. The largest absolute Gasteiger partial charge is 0.459 e. The van der Waals surface area contributed by atoms with Crippen molar-refractivity contribution >= 4 is 14.5 Å². The fraction of sp³-hybridized carbons (Fsp3) is 0.941. The first-order valence-electron chi connectivity index (χ1n) is 8.64. The predicted molar refractivity (Wildman–Crippen MR) is 88.3 cm³/mol. The van der Waals surface area contributed by atoms with Gasteiger partial charge >= 0.3 is 14.5 Å². The van der Waals surface area contributed by atoms with Gasteiger partial charge in [0.25, 0.3) is 0 Å². The van der Waals surface area contributed by atoms with Gasteiger partial charge in [-0.05, 0) is 6.92 Å². The van der Waals surface area contributed by atoms with Gasteiger partial charge < -0.3 is 18.3 Å². The predicted octanol–water partition coefficient (Wildman–Crippen LogP) is 3.16. The quantitative estimate of drug-likeness (QED) is 0.500. The van der Waals surface area contributed by atoms with E-state index in [1.807, 2.05) is 6.92 Å². The van der Waals surface area contributed by atoms with Gasteiger partial charge in [0.05, 0.1) is 18.6 Å². The zero-order valence-electron chi connectivity index (χ0n) is 15.3. The van der Waals surface area contributed by atoms with E-state index >= 15 is 0 Å². The van der Waals surface area contributed by atoms with E-state index < -0.39 is 8.56 Å². The van der Waals surface area contributed by atoms with Crippen molar-refractivity contribution in [3.05, 3.63) is 0 Å². The Kier molecular flexibility index (Phi) is 3.99. The molecule has 3 saturated heterocycles. The van der Waals surface area contributed by atoms with Crippen molar-refractivity contribution in [3.63, 3.8) is 0 Å². The van der Waals surface area contributed by atoms with Crippen LogP contribution in [0.2, 0.25) is 10.1 Å². The molecule has 3 aliphatic heterocycles. The van der Waals surface area contributed by atoms with Crippen LogP contribution in [0.15, 0.2) is 0 Å². The summed E-state index contributed by atoms with van der Waals surface area (Å²) in [6.45, 7) is 15.6. The van der Waals surface area contributed by atoms with Crippen LogP contribution in [0.4, 0.5) is 0 Å². The Balaban J connectivity index is 1.85. The number of fused-ring (bicyclic) bond motifs is 2. The second-order valence-corrected chi connectivity index (χ2v) is 14.0. The molecule has 132 valence electrons. The van der Waals surface area contributed by atoms with Crippen LogP contribution in [-0.4, -0.2) is 45.6 Å². The molecule has 5 atom stereocenters. The summed E-state index contributed by atoms with van der Waals surface area (Å²) in [6.07, 6.45) is 0.236. The molecular formula is C17H30O5Si. The topological polar surface area (TPSA) is 54.0 Å². The third kappa shape index (κ3) is 2.58. The SMILES string of the molecule is C[C@@H]1C(=O)O[C@H]2C[C@H]3O[Si](C(C)(C)C)(C(C)(C)C)OC[C@H]3O[C@H]21. The first kappa shape index (κ1) is 17.4. The van der Waals surface area contributed by atoms with E-state index in [1.165, 1.54) is 0 Å². The normalized spacial score (nSPS) is 40.3. The van der Waals surface area contributed by atoms with Gasteiger partial charge in [-0.3, -0.25) is 4.79 Å². The lowest BCUT2D eigenvalue weighted by molar-refractivity contribution is -0.190. The summed E-state index contributed by atoms with van der Waals surface area (Å²) in [5, 5.41) is -0.0978. The number of carbonyl (C=O) groups is 1. The molecule has 0 aliphatic carbocycles. The average Bonchev–Trinajstić information content (AvgIpc) is 2.68. The van der Waals surface area contributed by atoms with Gasteiger partial charge in [-0.25, -0.2) is 0 Å². The van der Waals surface area contributed by atoms with Crippen molar-refractivity contribution in [3.8, 4) is 0 Å². The molecule has 6 heteroatoms. The van der Waals surface area contributed by atoms with E-state index in [1.54, 1.807) is 0 Å². The second kappa shape index (κ2) is 5.28. The molecule has 0 saturated carbocycles. The Bertz CT molecular complexity index is 478. The number of esters is 1. The monoisotopic (exact) mass is 342 g/mol. The van der Waals surface area contributed by atoms with Gasteiger partial charge in [0.1, 0.15) is 18.3 Å². The number of ether oxygens (including phenoxy) is 2. The Morgan fingerprint density at radius 1 is 1.00 bits per heavy atom. The molecule has 0 amide bonds. The first-order valence-corrected chi connectivity index (χ1v) is 10.5. The van der Waals surface area contributed by atoms with Crippen molar-refractivity contribution in [2.45, 2.75) is 89.4 Å². The van der Waals surface area contributed by atoms with E-state index in [0.717, 1.165) is 6.42 Å². The van der Waals surface area contributed by atoms with Crippen molar-refractivity contribution in [2.75, 3.05) is 6.61 Å². The van der Waals surface area contributed by atoms with Crippen LogP contribution in [0.1, 0.15) is 54.9 Å². The summed E-state index contributed by atoms with van der Waals surface area (Å²) in [5.41, 5.74) is 0. The molecule has 3 aliphatic rings. The molecule has 23 heavy (non-hydrogen) atoms. The summed E-state index contributed by atoms with van der Waals surface area (Å²) < 4.78 is 24.8. The lowest BCUT2D eigenvalue weighted by atomic mass is 9.94. The maximum absolute atomic E-state index is 11.8. The molecule has 0 unspecified atom stereocenters. The Hall–Kier alpha value is -0.433. The fourth-order valence-electron chi connectivity index (χ4n) is 4.47. The number of carbonyl (C=O) groups excluding carboxylic acids is 1. The third-order valence-electron chi connectivity index (χ3n) is 5.45. The van der Waals surface area contributed by atoms with Crippen molar-refractivity contribution in [1.29, 1.82) is 0 Å². The summed E-state index contributed by atoms with van der Waals surface area (Å²) in [4.78, 5) is 11.8. The number of hydrogen-bond acceptors (Lipinski definition) is 5. The number of hydrogen-bond donors (Lipinski definition) is 0. The lowest BCUT2D eigenvalue weighted by Gasteiger charge is -2.56. The molecule has 0 aromatic rings. The molecule has 0 bridgehead atoms. The van der Waals surface area contributed by atoms with Crippen LogP contribution < -0.4 is 0 Å². The minimum Gasteiger partial charge on any atom is -0.459 e. The van der Waals surface area contributed by atoms with Gasteiger partial charge in [-0.15, -0.1) is 0 Å². The molecule has 0 aromatic heterocycles. The third-order valence-corrected chi connectivity index (χ3v) is 10.6. The van der Waals surface area contributed by atoms with Crippen molar-refractivity contribution < 1.29 is 23.1 Å². The minimum atomic E-state index is -2.49. The molecule has 3 fully saturated rings. The van der Waals surface area contributed by atoms with E-state index in [4.69, 9.17) is 18.3 Å². The summed E-state index contributed by atoms with van der Waals surface area (Å²) in [7, 11) is -2.49. The summed E-state index contributed by atoms with van der Waals surface area (Å²) >= 11 is 0. The highest BCUT2D eigenvalue weighted by atomic mass is 28.4.